The van der Waals surface area contributed by atoms with Crippen LogP contribution in [0.5, 0.6) is 0 Å². The number of hydrogen-bond acceptors (Lipinski definition) is 3. The van der Waals surface area contributed by atoms with Crippen LogP contribution in [0.1, 0.15) is 46.5 Å². The number of allylic oxidation sites excluding steroid dienone is 3. The second kappa shape index (κ2) is 6.08. The van der Waals surface area contributed by atoms with E-state index >= 15 is 0 Å². The number of ketones is 1. The van der Waals surface area contributed by atoms with Crippen molar-refractivity contribution in [3.8, 4) is 0 Å². The molecule has 1 saturated carbocycles. The van der Waals surface area contributed by atoms with Gasteiger partial charge in [-0.15, -0.1) is 0 Å². The molecule has 0 aromatic rings. The van der Waals surface area contributed by atoms with Crippen LogP contribution in [0.25, 0.3) is 0 Å². The van der Waals surface area contributed by atoms with Gasteiger partial charge in [0.05, 0.1) is 19.6 Å². The molecule has 0 aromatic heterocycles. The first kappa shape index (κ1) is 17.0. The number of nitrogens with one attached hydrogen (secondary N) is 1. The minimum absolute atomic E-state index is 0.00356. The van der Waals surface area contributed by atoms with Crippen molar-refractivity contribution in [1.29, 1.82) is 0 Å². The second-order valence-electron chi connectivity index (χ2n) is 8.98. The van der Waals surface area contributed by atoms with Gasteiger partial charge in [-0.3, -0.25) is 9.59 Å². The highest BCUT2D eigenvalue weighted by Gasteiger charge is 2.55. The van der Waals surface area contributed by atoms with Gasteiger partial charge >= 0.3 is 5.97 Å². The Morgan fingerprint density at radius 3 is 2.88 bits per heavy atom. The van der Waals surface area contributed by atoms with Crippen LogP contribution in [0.15, 0.2) is 23.3 Å². The third-order valence-corrected chi connectivity index (χ3v) is 7.10. The minimum Gasteiger partial charge on any atom is -0.457 e. The Balaban J connectivity index is 1.58. The molecule has 1 N–H and O–H groups in total. The van der Waals surface area contributed by atoms with Gasteiger partial charge < -0.3 is 9.64 Å². The third kappa shape index (κ3) is 2.79. The molecule has 4 nitrogen and oxygen atoms in total. The summed E-state index contributed by atoms with van der Waals surface area (Å²) in [5.41, 5.74) is 1.75. The first-order chi connectivity index (χ1) is 11.9. The fraction of sp³-hybridized carbons (Fsp3) is 0.714. The molecule has 0 aromatic carbocycles. The number of ether oxygens (including phenoxy) is 1. The quantitative estimate of drug-likeness (QED) is 0.776. The summed E-state index contributed by atoms with van der Waals surface area (Å²) >= 11 is 0. The number of carbonyl (C=O) groups excluding carboxylic acids is 2. The number of hydrogen-bond donors (Lipinski definition) is 1. The number of fused-ring (bicyclic) bond motifs is 3. The molecule has 4 rings (SSSR count). The van der Waals surface area contributed by atoms with Gasteiger partial charge in [0.25, 0.3) is 0 Å². The molecule has 2 aliphatic carbocycles. The molecule has 6 atom stereocenters. The number of likely N-dealkylation sites (tertiary alicyclic amines) is 1. The van der Waals surface area contributed by atoms with Crippen molar-refractivity contribution in [2.45, 2.75) is 52.6 Å². The summed E-state index contributed by atoms with van der Waals surface area (Å²) in [6.45, 7) is 9.64. The monoisotopic (exact) mass is 344 g/mol. The van der Waals surface area contributed by atoms with Gasteiger partial charge in [0.2, 0.25) is 0 Å². The van der Waals surface area contributed by atoms with E-state index in [4.69, 9.17) is 4.74 Å². The van der Waals surface area contributed by atoms with E-state index in [1.54, 1.807) is 11.0 Å². The lowest BCUT2D eigenvalue weighted by atomic mass is 9.61. The fourth-order valence-corrected chi connectivity index (χ4v) is 5.70. The topological polar surface area (TPSA) is 47.8 Å². The molecule has 1 unspecified atom stereocenters. The zero-order chi connectivity index (χ0) is 17.8. The standard InChI is InChI=1S/C21H29NO3/c1-13-5-4-10-22(11-13)12-16-15-6-8-21(3)9-7-17(23)14(2)18(21)19(15)25-20(16)24/h7,9,13,15-16,19H,4-6,8,10-12H2,1-3H3/p+1/t13-,15+,16+,19+,21+/m1/s1. The smallest absolute Gasteiger partial charge is 0.315 e. The zero-order valence-electron chi connectivity index (χ0n) is 15.6. The Kier molecular flexibility index (Phi) is 4.14. The maximum atomic E-state index is 12.7. The maximum Gasteiger partial charge on any atom is 0.315 e. The van der Waals surface area contributed by atoms with Crippen molar-refractivity contribution < 1.29 is 19.2 Å². The van der Waals surface area contributed by atoms with E-state index in [2.05, 4.69) is 13.8 Å². The molecule has 0 amide bonds. The molecule has 2 saturated heterocycles. The van der Waals surface area contributed by atoms with Gasteiger partial charge in [-0.25, -0.2) is 0 Å². The highest BCUT2D eigenvalue weighted by Crippen LogP contribution is 2.52. The van der Waals surface area contributed by atoms with Crippen molar-refractivity contribution >= 4 is 11.8 Å². The van der Waals surface area contributed by atoms with Gasteiger partial charge in [0, 0.05) is 22.8 Å². The summed E-state index contributed by atoms with van der Waals surface area (Å²) in [4.78, 5) is 26.5. The number of piperidine rings is 1. The largest absolute Gasteiger partial charge is 0.457 e. The first-order valence-corrected chi connectivity index (χ1v) is 9.88. The number of quaternary nitrogens is 1. The van der Waals surface area contributed by atoms with Crippen LogP contribution in [0.4, 0.5) is 0 Å². The van der Waals surface area contributed by atoms with E-state index in [0.717, 1.165) is 36.5 Å². The van der Waals surface area contributed by atoms with Crippen LogP contribution in [0.2, 0.25) is 0 Å². The molecule has 2 aliphatic heterocycles. The van der Waals surface area contributed by atoms with E-state index in [9.17, 15) is 9.59 Å². The SMILES string of the molecule is CC1=C2[C@H]3OC(=O)[C@@H](C[NH+]4CCC[C@@H](C)C4)[C@@H]3CC[C@@]2(C)C=CC1=O. The number of rotatable bonds is 2. The Hall–Kier alpha value is -1.42. The molecule has 25 heavy (non-hydrogen) atoms. The average Bonchev–Trinajstić information content (AvgIpc) is 2.87. The van der Waals surface area contributed by atoms with Gasteiger partial charge in [-0.05, 0) is 44.3 Å². The number of carbonyl (C=O) groups is 2. The van der Waals surface area contributed by atoms with Gasteiger partial charge in [-0.1, -0.05) is 19.9 Å². The van der Waals surface area contributed by atoms with Crippen molar-refractivity contribution in [3.63, 3.8) is 0 Å². The molecule has 4 heteroatoms. The van der Waals surface area contributed by atoms with E-state index < -0.39 is 0 Å². The van der Waals surface area contributed by atoms with Crippen molar-refractivity contribution in [1.82, 2.24) is 0 Å². The zero-order valence-corrected chi connectivity index (χ0v) is 15.6. The predicted molar refractivity (Wildman–Crippen MR) is 95.0 cm³/mol. The lowest BCUT2D eigenvalue weighted by Gasteiger charge is -2.43. The summed E-state index contributed by atoms with van der Waals surface area (Å²) in [6, 6.07) is 0. The molecule has 3 fully saturated rings. The molecule has 0 spiro atoms. The van der Waals surface area contributed by atoms with Crippen LogP contribution < -0.4 is 4.90 Å². The molecule has 136 valence electrons. The van der Waals surface area contributed by atoms with E-state index in [0.29, 0.717) is 0 Å². The lowest BCUT2D eigenvalue weighted by Crippen LogP contribution is -3.14. The Morgan fingerprint density at radius 2 is 2.12 bits per heavy atom. The Labute approximate surface area is 150 Å². The van der Waals surface area contributed by atoms with Gasteiger partial charge in [-0.2, -0.15) is 0 Å². The number of esters is 1. The van der Waals surface area contributed by atoms with Gasteiger partial charge in [0.1, 0.15) is 12.0 Å². The van der Waals surface area contributed by atoms with Crippen LogP contribution in [-0.2, 0) is 14.3 Å². The van der Waals surface area contributed by atoms with E-state index in [1.807, 2.05) is 13.0 Å². The summed E-state index contributed by atoms with van der Waals surface area (Å²) in [7, 11) is 0. The van der Waals surface area contributed by atoms with E-state index in [-0.39, 0.29) is 35.1 Å². The average molecular weight is 344 g/mol. The van der Waals surface area contributed by atoms with Gasteiger partial charge in [0.15, 0.2) is 5.78 Å². The van der Waals surface area contributed by atoms with Crippen molar-refractivity contribution in [2.75, 3.05) is 19.6 Å². The highest BCUT2D eigenvalue weighted by molar-refractivity contribution is 6.05. The normalized spacial score (nSPS) is 43.7. The summed E-state index contributed by atoms with van der Waals surface area (Å²) in [5, 5.41) is 0. The summed E-state index contributed by atoms with van der Waals surface area (Å²) in [6.07, 6.45) is 8.13. The minimum atomic E-state index is -0.188. The highest BCUT2D eigenvalue weighted by atomic mass is 16.6. The van der Waals surface area contributed by atoms with Crippen molar-refractivity contribution in [3.05, 3.63) is 23.3 Å². The molecular weight excluding hydrogens is 314 g/mol. The molecule has 0 radical (unpaired) electrons. The predicted octanol–water partition coefficient (Wildman–Crippen LogP) is 1.71. The third-order valence-electron chi connectivity index (χ3n) is 7.10. The molecule has 2 heterocycles. The van der Waals surface area contributed by atoms with Crippen LogP contribution in [-0.4, -0.2) is 37.5 Å². The maximum absolute atomic E-state index is 12.7. The van der Waals surface area contributed by atoms with Crippen LogP contribution in [0.3, 0.4) is 0 Å². The molecule has 0 bridgehead atoms. The summed E-state index contributed by atoms with van der Waals surface area (Å²) in [5.74, 6) is 1.03. The Bertz CT molecular complexity index is 664. The lowest BCUT2D eigenvalue weighted by molar-refractivity contribution is -0.911. The Morgan fingerprint density at radius 1 is 1.32 bits per heavy atom. The molecular formula is C21H30NO3+. The molecule has 4 aliphatic rings. The second-order valence-corrected chi connectivity index (χ2v) is 8.98. The fourth-order valence-electron chi connectivity index (χ4n) is 5.70. The van der Waals surface area contributed by atoms with Crippen molar-refractivity contribution in [2.24, 2.45) is 23.2 Å². The van der Waals surface area contributed by atoms with Crippen LogP contribution >= 0.6 is 0 Å². The summed E-state index contributed by atoms with van der Waals surface area (Å²) < 4.78 is 5.90. The van der Waals surface area contributed by atoms with E-state index in [1.165, 1.54) is 25.9 Å². The first-order valence-electron chi connectivity index (χ1n) is 9.88. The van der Waals surface area contributed by atoms with Crippen LogP contribution in [0, 0.1) is 23.2 Å².